The molecular formula is C28H27N3O6. The van der Waals surface area contributed by atoms with E-state index in [1.807, 2.05) is 38.1 Å². The number of amides is 1. The van der Waals surface area contributed by atoms with Crippen molar-refractivity contribution in [1.29, 1.82) is 0 Å². The van der Waals surface area contributed by atoms with Gasteiger partial charge in [-0.05, 0) is 48.4 Å². The number of rotatable bonds is 8. The molecule has 1 heterocycles. The Balaban J connectivity index is 1.91. The van der Waals surface area contributed by atoms with E-state index in [1.54, 1.807) is 36.4 Å². The van der Waals surface area contributed by atoms with Crippen LogP contribution in [-0.4, -0.2) is 42.4 Å². The normalized spacial score (nSPS) is 16.6. The quantitative estimate of drug-likeness (QED) is 0.151. The van der Waals surface area contributed by atoms with Gasteiger partial charge < -0.3 is 14.7 Å². The van der Waals surface area contributed by atoms with Crippen LogP contribution in [0.1, 0.15) is 30.5 Å². The first kappa shape index (κ1) is 25.4. The van der Waals surface area contributed by atoms with Crippen molar-refractivity contribution in [2.75, 3.05) is 30.5 Å². The second-order valence-corrected chi connectivity index (χ2v) is 8.78. The van der Waals surface area contributed by atoms with Gasteiger partial charge in [0.15, 0.2) is 0 Å². The Morgan fingerprint density at radius 3 is 2.27 bits per heavy atom. The number of carbonyl (C=O) groups excluding carboxylic acids is 2. The molecule has 4 rings (SSSR count). The summed E-state index contributed by atoms with van der Waals surface area (Å²) in [6, 6.07) is 18.5. The number of Topliss-reactive ketones (excluding diaryl/α,β-unsaturated/α-hetero) is 1. The van der Waals surface area contributed by atoms with E-state index < -0.39 is 28.4 Å². The van der Waals surface area contributed by atoms with Gasteiger partial charge in [0, 0.05) is 37.5 Å². The van der Waals surface area contributed by atoms with Crippen LogP contribution < -0.4 is 14.5 Å². The lowest BCUT2D eigenvalue weighted by atomic mass is 9.94. The van der Waals surface area contributed by atoms with E-state index >= 15 is 0 Å². The average molecular weight is 502 g/mol. The molecule has 0 spiro atoms. The van der Waals surface area contributed by atoms with Crippen molar-refractivity contribution < 1.29 is 24.4 Å². The first-order valence-electron chi connectivity index (χ1n) is 11.8. The van der Waals surface area contributed by atoms with Gasteiger partial charge in [-0.25, -0.2) is 0 Å². The van der Waals surface area contributed by atoms with Gasteiger partial charge in [0.25, 0.3) is 17.4 Å². The second kappa shape index (κ2) is 10.5. The third-order valence-electron chi connectivity index (χ3n) is 6.11. The fraction of sp³-hybridized carbons (Fsp3) is 0.214. The Kier molecular flexibility index (Phi) is 7.24. The first-order chi connectivity index (χ1) is 17.7. The molecule has 0 saturated carbocycles. The third-order valence-corrected chi connectivity index (χ3v) is 6.11. The molecule has 1 N–H and O–H groups in total. The van der Waals surface area contributed by atoms with E-state index in [0.29, 0.717) is 23.6 Å². The molecule has 1 aliphatic heterocycles. The number of hydrogen-bond acceptors (Lipinski definition) is 7. The summed E-state index contributed by atoms with van der Waals surface area (Å²) >= 11 is 0. The number of aliphatic hydroxyl groups excluding tert-OH is 1. The molecule has 1 fully saturated rings. The molecular weight excluding hydrogens is 474 g/mol. The molecule has 0 bridgehead atoms. The van der Waals surface area contributed by atoms with Crippen LogP contribution in [-0.2, 0) is 9.59 Å². The number of nitro benzene ring substituents is 1. The molecule has 190 valence electrons. The number of para-hydroxylation sites is 2. The summed E-state index contributed by atoms with van der Waals surface area (Å²) in [7, 11) is 3.80. The monoisotopic (exact) mass is 501 g/mol. The van der Waals surface area contributed by atoms with Crippen LogP contribution in [0.3, 0.4) is 0 Å². The molecule has 3 aromatic carbocycles. The predicted molar refractivity (Wildman–Crippen MR) is 141 cm³/mol. The molecule has 1 atom stereocenters. The van der Waals surface area contributed by atoms with Crippen molar-refractivity contribution in [1.82, 2.24) is 0 Å². The van der Waals surface area contributed by atoms with Crippen LogP contribution in [0, 0.1) is 10.1 Å². The number of carbonyl (C=O) groups is 2. The fourth-order valence-electron chi connectivity index (χ4n) is 4.24. The number of nitrogens with zero attached hydrogens (tertiary/aromatic N) is 3. The van der Waals surface area contributed by atoms with E-state index in [1.165, 1.54) is 29.2 Å². The summed E-state index contributed by atoms with van der Waals surface area (Å²) in [5.74, 6) is -1.64. The molecule has 0 radical (unpaired) electrons. The summed E-state index contributed by atoms with van der Waals surface area (Å²) < 4.78 is 5.88. The van der Waals surface area contributed by atoms with Crippen molar-refractivity contribution >= 4 is 34.5 Å². The molecule has 1 amide bonds. The molecule has 1 saturated heterocycles. The zero-order chi connectivity index (χ0) is 26.7. The SMILES string of the molecule is CCCOc1ccccc1N1C(=O)C(=O)/C(=C(\O)c2ccc([N+](=O)[O-])cc2)C1c1ccc(N(C)C)cc1. The predicted octanol–water partition coefficient (Wildman–Crippen LogP) is 5.08. The van der Waals surface area contributed by atoms with E-state index in [0.717, 1.165) is 12.1 Å². The van der Waals surface area contributed by atoms with Crippen LogP contribution in [0.4, 0.5) is 17.1 Å². The van der Waals surface area contributed by atoms with Gasteiger partial charge in [-0.15, -0.1) is 0 Å². The maximum Gasteiger partial charge on any atom is 0.300 e. The first-order valence-corrected chi connectivity index (χ1v) is 11.8. The number of nitro groups is 1. The maximum absolute atomic E-state index is 13.5. The van der Waals surface area contributed by atoms with Crippen LogP contribution in [0.2, 0.25) is 0 Å². The topological polar surface area (TPSA) is 113 Å². The van der Waals surface area contributed by atoms with Crippen LogP contribution in [0.25, 0.3) is 5.76 Å². The van der Waals surface area contributed by atoms with Crippen molar-refractivity contribution in [2.24, 2.45) is 0 Å². The standard InChI is InChI=1S/C28H27N3O6/c1-4-17-37-23-8-6-5-7-22(23)30-25(18-9-13-20(14-10-18)29(2)3)24(27(33)28(30)34)26(32)19-11-15-21(16-12-19)31(35)36/h5-16,25,32H,4,17H2,1-3H3/b26-24-. The summed E-state index contributed by atoms with van der Waals surface area (Å²) in [4.78, 5) is 40.6. The Hall–Kier alpha value is -4.66. The second-order valence-electron chi connectivity index (χ2n) is 8.78. The van der Waals surface area contributed by atoms with Gasteiger partial charge >= 0.3 is 0 Å². The summed E-state index contributed by atoms with van der Waals surface area (Å²) in [5, 5.41) is 22.3. The molecule has 9 heteroatoms. The number of hydrogen-bond donors (Lipinski definition) is 1. The Bertz CT molecular complexity index is 1360. The third kappa shape index (κ3) is 4.88. The molecule has 0 aliphatic carbocycles. The number of ketones is 1. The summed E-state index contributed by atoms with van der Waals surface area (Å²) in [6.45, 7) is 2.39. The lowest BCUT2D eigenvalue weighted by Gasteiger charge is -2.27. The van der Waals surface area contributed by atoms with Crippen LogP contribution >= 0.6 is 0 Å². The number of benzene rings is 3. The molecule has 37 heavy (non-hydrogen) atoms. The lowest BCUT2D eigenvalue weighted by molar-refractivity contribution is -0.384. The number of anilines is 2. The summed E-state index contributed by atoms with van der Waals surface area (Å²) in [5.41, 5.74) is 1.86. The van der Waals surface area contributed by atoms with Gasteiger partial charge in [0.2, 0.25) is 0 Å². The molecule has 0 aromatic heterocycles. The smallest absolute Gasteiger partial charge is 0.300 e. The molecule has 1 aliphatic rings. The molecule has 9 nitrogen and oxygen atoms in total. The van der Waals surface area contributed by atoms with Gasteiger partial charge in [-0.1, -0.05) is 31.2 Å². The van der Waals surface area contributed by atoms with Crippen molar-refractivity contribution in [3.05, 3.63) is 99.6 Å². The van der Waals surface area contributed by atoms with E-state index in [-0.39, 0.29) is 16.8 Å². The van der Waals surface area contributed by atoms with Crippen LogP contribution in [0.15, 0.2) is 78.4 Å². The minimum absolute atomic E-state index is 0.109. The Morgan fingerprint density at radius 2 is 1.68 bits per heavy atom. The van der Waals surface area contributed by atoms with E-state index in [4.69, 9.17) is 4.74 Å². The van der Waals surface area contributed by atoms with Crippen molar-refractivity contribution in [3.63, 3.8) is 0 Å². The molecule has 1 unspecified atom stereocenters. The number of non-ortho nitro benzene ring substituents is 1. The van der Waals surface area contributed by atoms with Gasteiger partial charge in [0.1, 0.15) is 11.5 Å². The van der Waals surface area contributed by atoms with Crippen LogP contribution in [0.5, 0.6) is 5.75 Å². The maximum atomic E-state index is 13.5. The zero-order valence-electron chi connectivity index (χ0n) is 20.7. The minimum atomic E-state index is -0.946. The largest absolute Gasteiger partial charge is 0.507 e. The highest BCUT2D eigenvalue weighted by Crippen LogP contribution is 2.45. The van der Waals surface area contributed by atoms with Gasteiger partial charge in [0.05, 0.1) is 28.8 Å². The van der Waals surface area contributed by atoms with Crippen molar-refractivity contribution in [3.8, 4) is 5.75 Å². The minimum Gasteiger partial charge on any atom is -0.507 e. The Labute approximate surface area is 214 Å². The fourth-order valence-corrected chi connectivity index (χ4v) is 4.24. The van der Waals surface area contributed by atoms with Crippen molar-refractivity contribution in [2.45, 2.75) is 19.4 Å². The number of aliphatic hydroxyl groups is 1. The van der Waals surface area contributed by atoms with Gasteiger partial charge in [-0.2, -0.15) is 0 Å². The van der Waals surface area contributed by atoms with E-state index in [9.17, 15) is 24.8 Å². The lowest BCUT2D eigenvalue weighted by Crippen LogP contribution is -2.30. The molecule has 3 aromatic rings. The highest BCUT2D eigenvalue weighted by atomic mass is 16.6. The number of ether oxygens (including phenoxy) is 1. The van der Waals surface area contributed by atoms with Gasteiger partial charge in [-0.3, -0.25) is 24.6 Å². The highest BCUT2D eigenvalue weighted by molar-refractivity contribution is 6.52. The summed E-state index contributed by atoms with van der Waals surface area (Å²) in [6.07, 6.45) is 0.753. The highest BCUT2D eigenvalue weighted by Gasteiger charge is 2.47. The Morgan fingerprint density at radius 1 is 1.03 bits per heavy atom. The van der Waals surface area contributed by atoms with E-state index in [2.05, 4.69) is 0 Å². The zero-order valence-corrected chi connectivity index (χ0v) is 20.7. The average Bonchev–Trinajstić information content (AvgIpc) is 3.17.